The average Bonchev–Trinajstić information content (AvgIpc) is 2.85. The first-order valence-corrected chi connectivity index (χ1v) is 12.5. The Morgan fingerprint density at radius 2 is 1.44 bits per heavy atom. The summed E-state index contributed by atoms with van der Waals surface area (Å²) in [5.41, 5.74) is 3.34. The molecule has 1 unspecified atom stereocenters. The molecular weight excluding hydrogens is 432 g/mol. The second-order valence-corrected chi connectivity index (χ2v) is 10.1. The molecule has 0 saturated carbocycles. The second kappa shape index (κ2) is 9.68. The third kappa shape index (κ3) is 4.77. The number of benzene rings is 4. The van der Waals surface area contributed by atoms with Crippen LogP contribution in [0.4, 0.5) is 0 Å². The Morgan fingerprint density at radius 1 is 0.750 bits per heavy atom. The predicted octanol–water partition coefficient (Wildman–Crippen LogP) is 7.30. The van der Waals surface area contributed by atoms with Crippen molar-refractivity contribution >= 4 is 46.0 Å². The fourth-order valence-electron chi connectivity index (χ4n) is 3.74. The van der Waals surface area contributed by atoms with Gasteiger partial charge in [0.1, 0.15) is 5.25 Å². The van der Waals surface area contributed by atoms with Crippen LogP contribution in [-0.4, -0.2) is 11.2 Å². The number of esters is 1. The lowest BCUT2D eigenvalue weighted by molar-refractivity contribution is -0.136. The molecule has 0 aromatic heterocycles. The van der Waals surface area contributed by atoms with Crippen molar-refractivity contribution < 1.29 is 9.53 Å². The number of fused-ring (bicyclic) bond motifs is 1. The monoisotopic (exact) mass is 454 g/mol. The van der Waals surface area contributed by atoms with E-state index >= 15 is 0 Å². The quantitative estimate of drug-likeness (QED) is 0.286. The zero-order valence-corrected chi connectivity index (χ0v) is 19.1. The number of ether oxygens (including phenoxy) is 1. The molecule has 0 bridgehead atoms. The lowest BCUT2D eigenvalue weighted by atomic mass is 10.1. The number of hydrogen-bond donors (Lipinski definition) is 0. The van der Waals surface area contributed by atoms with Crippen LogP contribution in [0.25, 0.3) is 16.5 Å². The normalized spacial score (nSPS) is 16.2. The summed E-state index contributed by atoms with van der Waals surface area (Å²) in [5.74, 6) is 1.32. The van der Waals surface area contributed by atoms with E-state index in [9.17, 15) is 4.79 Å². The molecule has 0 N–H and O–H groups in total. The van der Waals surface area contributed by atoms with Gasteiger partial charge >= 0.3 is 5.97 Å². The van der Waals surface area contributed by atoms with Crippen molar-refractivity contribution in [3.63, 3.8) is 0 Å². The van der Waals surface area contributed by atoms with Crippen molar-refractivity contribution in [3.05, 3.63) is 124 Å². The molecule has 2 nitrogen and oxygen atoms in total. The van der Waals surface area contributed by atoms with Crippen molar-refractivity contribution in [2.45, 2.75) is 17.4 Å². The highest BCUT2D eigenvalue weighted by molar-refractivity contribution is 8.22. The number of thioether (sulfide) groups is 2. The summed E-state index contributed by atoms with van der Waals surface area (Å²) in [5, 5.41) is 2.24. The van der Waals surface area contributed by atoms with Gasteiger partial charge in [-0.3, -0.25) is 4.79 Å². The van der Waals surface area contributed by atoms with Gasteiger partial charge in [-0.15, -0.1) is 11.8 Å². The molecule has 4 aromatic carbocycles. The van der Waals surface area contributed by atoms with E-state index in [0.29, 0.717) is 12.2 Å². The fourth-order valence-corrected chi connectivity index (χ4v) is 6.25. The van der Waals surface area contributed by atoms with Gasteiger partial charge in [-0.1, -0.05) is 115 Å². The highest BCUT2D eigenvalue weighted by Gasteiger charge is 2.32. The van der Waals surface area contributed by atoms with Crippen LogP contribution in [0.1, 0.15) is 16.7 Å². The second-order valence-electron chi connectivity index (χ2n) is 7.67. The van der Waals surface area contributed by atoms with Gasteiger partial charge in [-0.05, 0) is 28.3 Å². The molecule has 32 heavy (non-hydrogen) atoms. The molecule has 5 rings (SSSR count). The predicted molar refractivity (Wildman–Crippen MR) is 136 cm³/mol. The van der Waals surface area contributed by atoms with Gasteiger partial charge in [-0.25, -0.2) is 0 Å². The summed E-state index contributed by atoms with van der Waals surface area (Å²) in [6.45, 7) is 0. The van der Waals surface area contributed by atoms with Gasteiger partial charge < -0.3 is 4.74 Å². The third-order valence-corrected chi connectivity index (χ3v) is 7.99. The Balaban J connectivity index is 1.42. The molecule has 0 fully saturated rings. The molecule has 158 valence electrons. The molecule has 4 heteroatoms. The highest BCUT2D eigenvalue weighted by Crippen LogP contribution is 2.45. The van der Waals surface area contributed by atoms with Crippen LogP contribution >= 0.6 is 23.5 Å². The first-order valence-electron chi connectivity index (χ1n) is 10.6. The molecule has 1 aliphatic heterocycles. The van der Waals surface area contributed by atoms with Crippen molar-refractivity contribution in [3.8, 4) is 0 Å². The third-order valence-electron chi connectivity index (χ3n) is 5.38. The van der Waals surface area contributed by atoms with Gasteiger partial charge in [0.15, 0.2) is 5.76 Å². The summed E-state index contributed by atoms with van der Waals surface area (Å²) in [4.78, 5) is 12.9. The van der Waals surface area contributed by atoms with E-state index in [2.05, 4.69) is 54.6 Å². The van der Waals surface area contributed by atoms with E-state index < -0.39 is 0 Å². The van der Waals surface area contributed by atoms with Crippen LogP contribution < -0.4 is 0 Å². The van der Waals surface area contributed by atoms with Gasteiger partial charge in [0, 0.05) is 11.3 Å². The number of hydrogen-bond acceptors (Lipinski definition) is 4. The van der Waals surface area contributed by atoms with Crippen LogP contribution in [0.3, 0.4) is 0 Å². The molecule has 0 radical (unpaired) electrons. The Labute approximate surface area is 196 Å². The van der Waals surface area contributed by atoms with E-state index in [4.69, 9.17) is 4.74 Å². The summed E-state index contributed by atoms with van der Waals surface area (Å²) < 4.78 is 6.99. The molecule has 0 spiro atoms. The molecule has 1 heterocycles. The maximum atomic E-state index is 12.9. The van der Waals surface area contributed by atoms with Crippen molar-refractivity contribution in [1.82, 2.24) is 0 Å². The summed E-state index contributed by atoms with van der Waals surface area (Å²) >= 11 is 3.37. The first-order chi connectivity index (χ1) is 15.8. The molecule has 0 aliphatic carbocycles. The number of rotatable bonds is 6. The first kappa shape index (κ1) is 20.9. The van der Waals surface area contributed by atoms with Gasteiger partial charge in [-0.2, -0.15) is 0 Å². The molecule has 4 aromatic rings. The number of cyclic esters (lactones) is 1. The summed E-state index contributed by atoms with van der Waals surface area (Å²) in [7, 11) is 0. The van der Waals surface area contributed by atoms with E-state index in [-0.39, 0.29) is 11.2 Å². The van der Waals surface area contributed by atoms with Crippen molar-refractivity contribution in [1.29, 1.82) is 0 Å². The van der Waals surface area contributed by atoms with E-state index in [1.54, 1.807) is 23.5 Å². The minimum atomic E-state index is -0.246. The molecule has 1 aliphatic rings. The van der Waals surface area contributed by atoms with Crippen LogP contribution in [0.5, 0.6) is 0 Å². The van der Waals surface area contributed by atoms with Gasteiger partial charge in [0.2, 0.25) is 0 Å². The Morgan fingerprint density at radius 3 is 2.22 bits per heavy atom. The largest absolute Gasteiger partial charge is 0.423 e. The fraction of sp³-hybridized carbons (Fsp3) is 0.107. The molecular formula is C28H22O2S2. The summed E-state index contributed by atoms with van der Waals surface area (Å²) in [6, 6.07) is 35.1. The maximum absolute atomic E-state index is 12.9. The number of carbonyl (C=O) groups is 1. The smallest absolute Gasteiger partial charge is 0.325 e. The van der Waals surface area contributed by atoms with Crippen molar-refractivity contribution in [2.24, 2.45) is 0 Å². The molecule has 1 atom stereocenters. The maximum Gasteiger partial charge on any atom is 0.325 e. The molecule has 0 amide bonds. The topological polar surface area (TPSA) is 26.3 Å². The lowest BCUT2D eigenvalue weighted by Crippen LogP contribution is -2.26. The zero-order chi connectivity index (χ0) is 21.8. The van der Waals surface area contributed by atoms with E-state index in [0.717, 1.165) is 21.1 Å². The van der Waals surface area contributed by atoms with Crippen LogP contribution in [-0.2, 0) is 21.7 Å². The Hall–Kier alpha value is -2.95. The van der Waals surface area contributed by atoms with E-state index in [1.807, 2.05) is 48.5 Å². The highest BCUT2D eigenvalue weighted by atomic mass is 32.2. The standard InChI is InChI=1S/C28H22O2S2/c29-27-25(18-20-9-3-1-4-10-20)32-28(26(30-27)23-12-5-2-6-13-23)31-19-21-15-16-22-11-7-8-14-24(22)17-21/h1-17,25H,18-19H2. The van der Waals surface area contributed by atoms with Crippen LogP contribution in [0.15, 0.2) is 107 Å². The Bertz CT molecular complexity index is 1270. The summed E-state index contributed by atoms with van der Waals surface area (Å²) in [6.07, 6.45) is 0.659. The van der Waals surface area contributed by atoms with Gasteiger partial charge in [0.25, 0.3) is 0 Å². The average molecular weight is 455 g/mol. The minimum absolute atomic E-state index is 0.173. The lowest BCUT2D eigenvalue weighted by Gasteiger charge is -2.25. The van der Waals surface area contributed by atoms with Crippen LogP contribution in [0.2, 0.25) is 0 Å². The van der Waals surface area contributed by atoms with Gasteiger partial charge in [0.05, 0.1) is 4.24 Å². The minimum Gasteiger partial charge on any atom is -0.423 e. The molecule has 0 saturated heterocycles. The Kier molecular flexibility index (Phi) is 6.33. The SMILES string of the molecule is O=C1OC(c2ccccc2)=C(SCc2ccc3ccccc3c2)SC1Cc1ccccc1. The van der Waals surface area contributed by atoms with Crippen LogP contribution in [0, 0.1) is 0 Å². The zero-order valence-electron chi connectivity index (χ0n) is 17.4. The number of carbonyl (C=O) groups excluding carboxylic acids is 1. The van der Waals surface area contributed by atoms with E-state index in [1.165, 1.54) is 16.3 Å². The van der Waals surface area contributed by atoms with Crippen molar-refractivity contribution in [2.75, 3.05) is 0 Å².